The number of ether oxygens (including phenoxy) is 1. The third kappa shape index (κ3) is 3.86. The summed E-state index contributed by atoms with van der Waals surface area (Å²) in [5.74, 6) is 0.779. The Hall–Kier alpha value is -1.33. The molecule has 1 atom stereocenters. The molecule has 21 heavy (non-hydrogen) atoms. The van der Waals surface area contributed by atoms with Crippen molar-refractivity contribution in [3.8, 4) is 5.75 Å². The lowest BCUT2D eigenvalue weighted by atomic mass is 10.0. The summed E-state index contributed by atoms with van der Waals surface area (Å²) in [5.41, 5.74) is 2.76. The van der Waals surface area contributed by atoms with E-state index < -0.39 is 6.10 Å². The van der Waals surface area contributed by atoms with E-state index >= 15 is 0 Å². The number of aliphatic hydroxyl groups excluding tert-OH is 1. The minimum atomic E-state index is -0.591. The van der Waals surface area contributed by atoms with Gasteiger partial charge in [-0.3, -0.25) is 4.68 Å². The fourth-order valence-corrected chi connectivity index (χ4v) is 2.77. The minimum Gasteiger partial charge on any atom is -0.491 e. The van der Waals surface area contributed by atoms with Crippen LogP contribution in [0.4, 0.5) is 0 Å². The molecule has 2 aromatic rings. The van der Waals surface area contributed by atoms with Crippen LogP contribution in [0.5, 0.6) is 5.75 Å². The van der Waals surface area contributed by atoms with E-state index in [4.69, 9.17) is 4.74 Å². The van der Waals surface area contributed by atoms with E-state index in [1.807, 2.05) is 52.1 Å². The molecule has 0 aliphatic heterocycles. The summed E-state index contributed by atoms with van der Waals surface area (Å²) in [4.78, 5) is 0. The van der Waals surface area contributed by atoms with Crippen LogP contribution in [0.3, 0.4) is 0 Å². The summed E-state index contributed by atoms with van der Waals surface area (Å²) in [7, 11) is 1.89. The number of aliphatic hydroxyl groups is 1. The van der Waals surface area contributed by atoms with Gasteiger partial charge in [0.2, 0.25) is 0 Å². The van der Waals surface area contributed by atoms with Gasteiger partial charge in [0.25, 0.3) is 0 Å². The number of aryl methyl sites for hydroxylation is 2. The van der Waals surface area contributed by atoms with Gasteiger partial charge in [0, 0.05) is 13.5 Å². The molecule has 2 rings (SSSR count). The second kappa shape index (κ2) is 6.62. The topological polar surface area (TPSA) is 47.3 Å². The zero-order chi connectivity index (χ0) is 15.6. The first-order chi connectivity index (χ1) is 9.88. The van der Waals surface area contributed by atoms with Crippen molar-refractivity contribution < 1.29 is 9.84 Å². The van der Waals surface area contributed by atoms with Gasteiger partial charge in [-0.05, 0) is 54.4 Å². The van der Waals surface area contributed by atoms with Gasteiger partial charge in [0.15, 0.2) is 0 Å². The van der Waals surface area contributed by atoms with Gasteiger partial charge in [0.1, 0.15) is 5.75 Å². The number of rotatable bonds is 5. The Bertz CT molecular complexity index is 623. The number of hydrogen-bond donors (Lipinski definition) is 1. The molecule has 1 aromatic heterocycles. The van der Waals surface area contributed by atoms with Crippen molar-refractivity contribution in [1.29, 1.82) is 0 Å². The largest absolute Gasteiger partial charge is 0.491 e. The minimum absolute atomic E-state index is 0.117. The number of nitrogens with zero attached hydrogens (tertiary/aromatic N) is 2. The van der Waals surface area contributed by atoms with E-state index in [9.17, 15) is 5.11 Å². The van der Waals surface area contributed by atoms with Crippen LogP contribution < -0.4 is 4.74 Å². The van der Waals surface area contributed by atoms with E-state index in [0.717, 1.165) is 27.2 Å². The predicted molar refractivity (Wildman–Crippen MR) is 86.5 cm³/mol. The molecule has 1 aromatic carbocycles. The van der Waals surface area contributed by atoms with Gasteiger partial charge in [-0.1, -0.05) is 12.1 Å². The highest BCUT2D eigenvalue weighted by atomic mass is 79.9. The van der Waals surface area contributed by atoms with E-state index in [2.05, 4.69) is 21.0 Å². The van der Waals surface area contributed by atoms with Gasteiger partial charge in [-0.2, -0.15) is 5.10 Å². The average molecular weight is 353 g/mol. The molecule has 5 heteroatoms. The van der Waals surface area contributed by atoms with Crippen LogP contribution in [0.1, 0.15) is 36.9 Å². The molecule has 0 bridgehead atoms. The van der Waals surface area contributed by atoms with Crippen molar-refractivity contribution >= 4 is 15.9 Å². The molecule has 0 saturated carbocycles. The Kier molecular flexibility index (Phi) is 5.06. The van der Waals surface area contributed by atoms with Gasteiger partial charge in [0.05, 0.1) is 28.1 Å². The maximum atomic E-state index is 10.5. The number of hydrogen-bond acceptors (Lipinski definition) is 3. The maximum absolute atomic E-state index is 10.5. The number of benzene rings is 1. The van der Waals surface area contributed by atoms with Gasteiger partial charge >= 0.3 is 0 Å². The first-order valence-electron chi connectivity index (χ1n) is 7.01. The zero-order valence-electron chi connectivity index (χ0n) is 12.8. The SMILES string of the molecule is Cc1nn(C)c(CC(O)c2cccc(OC(C)C)c2)c1Br. The molecule has 0 aliphatic rings. The summed E-state index contributed by atoms with van der Waals surface area (Å²) in [6, 6.07) is 7.61. The molecule has 1 unspecified atom stereocenters. The summed E-state index contributed by atoms with van der Waals surface area (Å²) in [6.45, 7) is 5.91. The third-order valence-electron chi connectivity index (χ3n) is 3.26. The molecular weight excluding hydrogens is 332 g/mol. The highest BCUT2D eigenvalue weighted by molar-refractivity contribution is 9.10. The van der Waals surface area contributed by atoms with Gasteiger partial charge < -0.3 is 9.84 Å². The van der Waals surface area contributed by atoms with Crippen LogP contribution in [0, 0.1) is 6.92 Å². The van der Waals surface area contributed by atoms with Crippen molar-refractivity contribution in [2.45, 2.75) is 39.4 Å². The monoisotopic (exact) mass is 352 g/mol. The van der Waals surface area contributed by atoms with Crippen molar-refractivity contribution in [2.24, 2.45) is 7.05 Å². The van der Waals surface area contributed by atoms with Crippen LogP contribution in [0.2, 0.25) is 0 Å². The smallest absolute Gasteiger partial charge is 0.120 e. The number of halogens is 1. The summed E-state index contributed by atoms with van der Waals surface area (Å²) in [6.07, 6.45) is 0.0290. The third-order valence-corrected chi connectivity index (χ3v) is 4.29. The zero-order valence-corrected chi connectivity index (χ0v) is 14.4. The molecular formula is C16H21BrN2O2. The Balaban J connectivity index is 2.18. The predicted octanol–water partition coefficient (Wildman–Crippen LogP) is 3.55. The van der Waals surface area contributed by atoms with Crippen LogP contribution in [0.15, 0.2) is 28.7 Å². The molecule has 0 spiro atoms. The maximum Gasteiger partial charge on any atom is 0.120 e. The van der Waals surface area contributed by atoms with Crippen molar-refractivity contribution in [1.82, 2.24) is 9.78 Å². The van der Waals surface area contributed by atoms with Crippen LogP contribution in [-0.4, -0.2) is 21.0 Å². The molecule has 0 saturated heterocycles. The van der Waals surface area contributed by atoms with E-state index in [1.165, 1.54) is 0 Å². The normalized spacial score (nSPS) is 12.7. The molecule has 0 fully saturated rings. The molecule has 0 radical (unpaired) electrons. The quantitative estimate of drug-likeness (QED) is 0.894. The Morgan fingerprint density at radius 3 is 2.67 bits per heavy atom. The summed E-state index contributed by atoms with van der Waals surface area (Å²) < 4.78 is 8.43. The Labute approximate surface area is 133 Å². The van der Waals surface area contributed by atoms with Crippen molar-refractivity contribution in [3.63, 3.8) is 0 Å². The summed E-state index contributed by atoms with van der Waals surface area (Å²) in [5, 5.41) is 14.8. The standard InChI is InChI=1S/C16H21BrN2O2/c1-10(2)21-13-7-5-6-12(8-13)15(20)9-14-16(17)11(3)18-19(14)4/h5-8,10,15,20H,9H2,1-4H3. The lowest BCUT2D eigenvalue weighted by Crippen LogP contribution is -2.09. The second-order valence-corrected chi connectivity index (χ2v) is 6.22. The molecule has 114 valence electrons. The first-order valence-corrected chi connectivity index (χ1v) is 7.80. The lowest BCUT2D eigenvalue weighted by molar-refractivity contribution is 0.174. The van der Waals surface area contributed by atoms with E-state index in [1.54, 1.807) is 4.68 Å². The second-order valence-electron chi connectivity index (χ2n) is 5.43. The molecule has 0 amide bonds. The fourth-order valence-electron chi connectivity index (χ4n) is 2.27. The van der Waals surface area contributed by atoms with Crippen molar-refractivity contribution in [3.05, 3.63) is 45.7 Å². The highest BCUT2D eigenvalue weighted by Gasteiger charge is 2.17. The molecule has 1 N–H and O–H groups in total. The summed E-state index contributed by atoms with van der Waals surface area (Å²) >= 11 is 3.53. The Morgan fingerprint density at radius 2 is 2.10 bits per heavy atom. The molecule has 4 nitrogen and oxygen atoms in total. The van der Waals surface area contributed by atoms with Gasteiger partial charge in [-0.15, -0.1) is 0 Å². The first kappa shape index (κ1) is 16.0. The fraction of sp³-hybridized carbons (Fsp3) is 0.438. The average Bonchev–Trinajstić information content (AvgIpc) is 2.65. The molecule has 0 aliphatic carbocycles. The van der Waals surface area contributed by atoms with Gasteiger partial charge in [-0.25, -0.2) is 0 Å². The lowest BCUT2D eigenvalue weighted by Gasteiger charge is -2.15. The molecule has 1 heterocycles. The van der Waals surface area contributed by atoms with Crippen LogP contribution in [0.25, 0.3) is 0 Å². The highest BCUT2D eigenvalue weighted by Crippen LogP contribution is 2.27. The Morgan fingerprint density at radius 1 is 1.38 bits per heavy atom. The van der Waals surface area contributed by atoms with Crippen LogP contribution >= 0.6 is 15.9 Å². The van der Waals surface area contributed by atoms with Crippen LogP contribution in [-0.2, 0) is 13.5 Å². The number of aromatic nitrogens is 2. The van der Waals surface area contributed by atoms with Crippen molar-refractivity contribution in [2.75, 3.05) is 0 Å². The van der Waals surface area contributed by atoms with E-state index in [0.29, 0.717) is 6.42 Å². The van der Waals surface area contributed by atoms with E-state index in [-0.39, 0.29) is 6.10 Å².